The van der Waals surface area contributed by atoms with Crippen LogP contribution in [0.25, 0.3) is 23.0 Å². The van der Waals surface area contributed by atoms with Crippen LogP contribution in [0, 0.1) is 13.8 Å². The van der Waals surface area contributed by atoms with Gasteiger partial charge in [0.15, 0.2) is 0 Å². The number of nitrogens with zero attached hydrogens (tertiary/aromatic N) is 4. The molecular weight excluding hydrogens is 382 g/mol. The lowest BCUT2D eigenvalue weighted by Crippen LogP contribution is -2.13. The number of methoxy groups -OCH3 is 1. The van der Waals surface area contributed by atoms with Crippen LogP contribution in [-0.4, -0.2) is 39.9 Å². The highest BCUT2D eigenvalue weighted by Gasteiger charge is 2.32. The van der Waals surface area contributed by atoms with Crippen molar-refractivity contribution in [1.82, 2.24) is 20.1 Å². The number of epoxide rings is 1. The summed E-state index contributed by atoms with van der Waals surface area (Å²) in [6.07, 6.45) is 0.973. The summed E-state index contributed by atoms with van der Waals surface area (Å²) in [5.41, 5.74) is 5.66. The summed E-state index contributed by atoms with van der Waals surface area (Å²) in [5, 5.41) is 7.39. The number of benzene rings is 1. The monoisotopic (exact) mass is 409 g/mol. The molecule has 0 radical (unpaired) electrons. The second-order valence-corrected chi connectivity index (χ2v) is 7.78. The van der Waals surface area contributed by atoms with Gasteiger partial charge >= 0.3 is 0 Å². The Balaban J connectivity index is 1.76. The van der Waals surface area contributed by atoms with Crippen LogP contribution in [0.3, 0.4) is 0 Å². The summed E-state index contributed by atoms with van der Waals surface area (Å²) < 4.78 is 16.9. The Hall–Kier alpha value is -3.00. The third kappa shape index (κ3) is 3.87. The van der Waals surface area contributed by atoms with Gasteiger partial charge in [0.25, 0.3) is 5.89 Å². The van der Waals surface area contributed by atoms with Crippen LogP contribution in [0.5, 0.6) is 5.75 Å². The second-order valence-electron chi connectivity index (χ2n) is 7.78. The van der Waals surface area contributed by atoms with Gasteiger partial charge in [0.1, 0.15) is 17.5 Å². The Morgan fingerprint density at radius 1 is 1.20 bits per heavy atom. The van der Waals surface area contributed by atoms with Gasteiger partial charge in [-0.1, -0.05) is 12.1 Å². The molecule has 0 unspecified atom stereocenters. The first-order valence-electron chi connectivity index (χ1n) is 10.2. The van der Waals surface area contributed by atoms with E-state index >= 15 is 0 Å². The van der Waals surface area contributed by atoms with E-state index in [1.165, 1.54) is 5.56 Å². The molecule has 0 bridgehead atoms. The largest absolute Gasteiger partial charge is 0.496 e. The van der Waals surface area contributed by atoms with E-state index in [4.69, 9.17) is 14.0 Å². The fourth-order valence-corrected chi connectivity index (χ4v) is 3.73. The maximum Gasteiger partial charge on any atom is 0.262 e. The lowest BCUT2D eigenvalue weighted by molar-refractivity contribution is 0.394. The summed E-state index contributed by atoms with van der Waals surface area (Å²) in [6.45, 7) is 10.9. The van der Waals surface area contributed by atoms with Gasteiger partial charge in [-0.05, 0) is 57.4 Å². The summed E-state index contributed by atoms with van der Waals surface area (Å²) in [4.78, 5) is 13.6. The number of hydrogen-bond acceptors (Lipinski definition) is 8. The van der Waals surface area contributed by atoms with Crippen molar-refractivity contribution in [3.05, 3.63) is 34.5 Å². The van der Waals surface area contributed by atoms with Crippen molar-refractivity contribution in [1.29, 1.82) is 0 Å². The normalized spacial score (nSPS) is 15.5. The fourth-order valence-electron chi connectivity index (χ4n) is 3.73. The van der Waals surface area contributed by atoms with Crippen LogP contribution in [0.2, 0.25) is 0 Å². The van der Waals surface area contributed by atoms with E-state index in [1.807, 2.05) is 32.9 Å². The maximum atomic E-state index is 5.77. The van der Waals surface area contributed by atoms with E-state index in [1.54, 1.807) is 7.11 Å². The molecule has 3 aromatic rings. The van der Waals surface area contributed by atoms with E-state index in [0.29, 0.717) is 23.4 Å². The molecule has 3 heterocycles. The number of ether oxygens (including phenoxy) is 2. The average Bonchev–Trinajstić information content (AvgIpc) is 3.40. The molecule has 0 spiro atoms. The number of hydrogen-bond donors (Lipinski definition) is 1. The first-order chi connectivity index (χ1) is 14.4. The zero-order chi connectivity index (χ0) is 21.4. The molecule has 8 heteroatoms. The molecule has 1 fully saturated rings. The van der Waals surface area contributed by atoms with Gasteiger partial charge in [0, 0.05) is 17.3 Å². The molecule has 1 aliphatic heterocycles. The average molecular weight is 409 g/mol. The van der Waals surface area contributed by atoms with Crippen molar-refractivity contribution < 1.29 is 14.0 Å². The quantitative estimate of drug-likeness (QED) is 0.578. The van der Waals surface area contributed by atoms with E-state index in [2.05, 4.69) is 39.3 Å². The fraction of sp³-hybridized carbons (Fsp3) is 0.455. The minimum atomic E-state index is 0.150. The van der Waals surface area contributed by atoms with Crippen molar-refractivity contribution >= 4 is 5.95 Å². The van der Waals surface area contributed by atoms with Crippen molar-refractivity contribution in [3.63, 3.8) is 0 Å². The zero-order valence-corrected chi connectivity index (χ0v) is 18.2. The molecule has 1 aliphatic rings. The molecule has 4 rings (SSSR count). The smallest absolute Gasteiger partial charge is 0.262 e. The molecule has 1 saturated heterocycles. The molecule has 1 atom stereocenters. The number of aryl methyl sites for hydroxylation is 2. The maximum absolute atomic E-state index is 5.77. The molecule has 0 amide bonds. The summed E-state index contributed by atoms with van der Waals surface area (Å²) in [7, 11) is 1.67. The number of nitrogens with one attached hydrogen (secondary N) is 1. The zero-order valence-electron chi connectivity index (χ0n) is 18.2. The van der Waals surface area contributed by atoms with E-state index in [0.717, 1.165) is 41.2 Å². The molecule has 8 nitrogen and oxygen atoms in total. The van der Waals surface area contributed by atoms with Gasteiger partial charge in [0.05, 0.1) is 19.3 Å². The van der Waals surface area contributed by atoms with Gasteiger partial charge < -0.3 is 19.3 Å². The summed E-state index contributed by atoms with van der Waals surface area (Å²) in [5.74, 6) is 2.11. The lowest BCUT2D eigenvalue weighted by Gasteiger charge is -2.16. The minimum Gasteiger partial charge on any atom is -0.496 e. The van der Waals surface area contributed by atoms with Crippen molar-refractivity contribution in [2.24, 2.45) is 0 Å². The highest BCUT2D eigenvalue weighted by Crippen LogP contribution is 2.43. The molecule has 2 aromatic heterocycles. The number of anilines is 1. The highest BCUT2D eigenvalue weighted by molar-refractivity contribution is 5.70. The molecule has 1 N–H and O–H groups in total. The standard InChI is InChI=1S/C22H27N5O3/c1-7-14-18(17-10-29-17)12(4)8-15(19(14)28-6)21-26-20(27-30-21)16-9-13(5)24-22(25-16)23-11(2)3/h8-9,11,17H,7,10H2,1-6H3,(H,23,24,25)/t17-/m1/s1. The van der Waals surface area contributed by atoms with Gasteiger partial charge in [-0.3, -0.25) is 0 Å². The van der Waals surface area contributed by atoms with Crippen LogP contribution < -0.4 is 10.1 Å². The van der Waals surface area contributed by atoms with Crippen LogP contribution in [-0.2, 0) is 11.2 Å². The third-order valence-corrected chi connectivity index (χ3v) is 5.00. The first-order valence-corrected chi connectivity index (χ1v) is 10.2. The Morgan fingerprint density at radius 2 is 1.97 bits per heavy atom. The van der Waals surface area contributed by atoms with Crippen molar-refractivity contribution in [3.8, 4) is 28.7 Å². The second kappa shape index (κ2) is 8.02. The lowest BCUT2D eigenvalue weighted by atomic mass is 9.93. The Kier molecular flexibility index (Phi) is 5.42. The molecule has 158 valence electrons. The SMILES string of the molecule is CCc1c(OC)c(-c2nc(-c3cc(C)nc(NC(C)C)n3)no2)cc(C)c1[C@H]1CO1. The summed E-state index contributed by atoms with van der Waals surface area (Å²) in [6, 6.07) is 4.09. The first kappa shape index (κ1) is 20.3. The van der Waals surface area contributed by atoms with Gasteiger partial charge in [-0.2, -0.15) is 4.98 Å². The topological polar surface area (TPSA) is 98.5 Å². The Morgan fingerprint density at radius 3 is 2.60 bits per heavy atom. The Bertz CT molecular complexity index is 1070. The van der Waals surface area contributed by atoms with Crippen molar-refractivity contribution in [2.75, 3.05) is 19.0 Å². The molecule has 1 aromatic carbocycles. The van der Waals surface area contributed by atoms with E-state index in [-0.39, 0.29) is 12.1 Å². The van der Waals surface area contributed by atoms with E-state index in [9.17, 15) is 0 Å². The summed E-state index contributed by atoms with van der Waals surface area (Å²) >= 11 is 0. The third-order valence-electron chi connectivity index (χ3n) is 5.00. The molecular formula is C22H27N5O3. The predicted octanol–water partition coefficient (Wildman–Crippen LogP) is 4.27. The van der Waals surface area contributed by atoms with Gasteiger partial charge in [-0.15, -0.1) is 0 Å². The van der Waals surface area contributed by atoms with Crippen molar-refractivity contribution in [2.45, 2.75) is 53.2 Å². The molecule has 30 heavy (non-hydrogen) atoms. The van der Waals surface area contributed by atoms with Crippen LogP contribution in [0.1, 0.15) is 49.3 Å². The number of aromatic nitrogens is 4. The number of rotatable bonds is 7. The van der Waals surface area contributed by atoms with Crippen LogP contribution in [0.15, 0.2) is 16.7 Å². The molecule has 0 saturated carbocycles. The highest BCUT2D eigenvalue weighted by atomic mass is 16.6. The van der Waals surface area contributed by atoms with Gasteiger partial charge in [0.2, 0.25) is 11.8 Å². The van der Waals surface area contributed by atoms with E-state index < -0.39 is 0 Å². The van der Waals surface area contributed by atoms with Crippen LogP contribution in [0.4, 0.5) is 5.95 Å². The minimum absolute atomic E-state index is 0.150. The van der Waals surface area contributed by atoms with Gasteiger partial charge in [-0.25, -0.2) is 9.97 Å². The molecule has 0 aliphatic carbocycles. The Labute approximate surface area is 176 Å². The van der Waals surface area contributed by atoms with Crippen LogP contribution >= 0.6 is 0 Å². The predicted molar refractivity (Wildman–Crippen MR) is 114 cm³/mol.